The molecule has 1 aliphatic rings. The van der Waals surface area contributed by atoms with E-state index in [1.54, 1.807) is 7.11 Å². The minimum Gasteiger partial charge on any atom is -0.496 e. The summed E-state index contributed by atoms with van der Waals surface area (Å²) < 4.78 is 5.63. The number of likely N-dealkylation sites (N-methyl/N-ethyl adjacent to an activating group) is 1. The fourth-order valence-electron chi connectivity index (χ4n) is 3.58. The fraction of sp³-hybridized carbons (Fsp3) is 0.333. The number of hydrogen-bond acceptors (Lipinski definition) is 8. The van der Waals surface area contributed by atoms with Gasteiger partial charge in [0.15, 0.2) is 11.5 Å². The van der Waals surface area contributed by atoms with E-state index in [1.807, 2.05) is 24.3 Å². The second-order valence-corrected chi connectivity index (χ2v) is 7.13. The molecule has 9 heteroatoms. The van der Waals surface area contributed by atoms with E-state index >= 15 is 0 Å². The van der Waals surface area contributed by atoms with Crippen LogP contribution in [0, 0.1) is 11.3 Å². The van der Waals surface area contributed by atoms with Gasteiger partial charge in [-0.2, -0.15) is 10.4 Å². The Balaban J connectivity index is 1.47. The second-order valence-electron chi connectivity index (χ2n) is 7.13. The fourth-order valence-corrected chi connectivity index (χ4v) is 3.58. The van der Waals surface area contributed by atoms with Crippen molar-refractivity contribution in [2.45, 2.75) is 19.4 Å². The summed E-state index contributed by atoms with van der Waals surface area (Å²) in [5.41, 5.74) is 3.04. The van der Waals surface area contributed by atoms with Gasteiger partial charge >= 0.3 is 0 Å². The van der Waals surface area contributed by atoms with Crippen LogP contribution in [0.4, 0.5) is 17.3 Å². The number of nitrogens with one attached hydrogen (secondary N) is 3. The van der Waals surface area contributed by atoms with Crippen molar-refractivity contribution in [3.8, 4) is 23.1 Å². The molecule has 0 bridgehead atoms. The zero-order valence-corrected chi connectivity index (χ0v) is 17.0. The molecule has 1 atom stereocenters. The van der Waals surface area contributed by atoms with Crippen LogP contribution < -0.4 is 15.4 Å². The first kappa shape index (κ1) is 19.7. The van der Waals surface area contributed by atoms with Gasteiger partial charge in [0.1, 0.15) is 17.6 Å². The molecule has 3 heterocycles. The SMILES string of the molecule is CCN1CC[C@H](Nc2ccc(-c3cc(Nc4cnc(C#N)cn4)n[nH]3)c(OC)c2)C1. The van der Waals surface area contributed by atoms with E-state index in [0.29, 0.717) is 17.7 Å². The predicted octanol–water partition coefficient (Wildman–Crippen LogP) is 3.00. The number of nitrogens with zero attached hydrogens (tertiary/aromatic N) is 5. The summed E-state index contributed by atoms with van der Waals surface area (Å²) in [4.78, 5) is 10.6. The Morgan fingerprint density at radius 1 is 1.27 bits per heavy atom. The van der Waals surface area contributed by atoms with Gasteiger partial charge in [-0.1, -0.05) is 6.92 Å². The van der Waals surface area contributed by atoms with Crippen molar-refractivity contribution in [2.24, 2.45) is 0 Å². The highest BCUT2D eigenvalue weighted by Gasteiger charge is 2.21. The number of benzene rings is 1. The Kier molecular flexibility index (Phi) is 5.77. The molecule has 1 aliphatic heterocycles. The topological polar surface area (TPSA) is 115 Å². The lowest BCUT2D eigenvalue weighted by Gasteiger charge is -2.17. The largest absolute Gasteiger partial charge is 0.496 e. The van der Waals surface area contributed by atoms with Crippen molar-refractivity contribution in [1.82, 2.24) is 25.1 Å². The van der Waals surface area contributed by atoms with E-state index < -0.39 is 0 Å². The quantitative estimate of drug-likeness (QED) is 0.551. The zero-order valence-electron chi connectivity index (χ0n) is 17.0. The summed E-state index contributed by atoms with van der Waals surface area (Å²) in [6, 6.07) is 10.4. The third-order valence-electron chi connectivity index (χ3n) is 5.18. The first-order valence-corrected chi connectivity index (χ1v) is 9.90. The number of H-pyrrole nitrogens is 1. The molecule has 1 fully saturated rings. The molecule has 30 heavy (non-hydrogen) atoms. The van der Waals surface area contributed by atoms with Crippen LogP contribution in [0.25, 0.3) is 11.3 Å². The van der Waals surface area contributed by atoms with Crippen LogP contribution in [0.3, 0.4) is 0 Å². The molecule has 154 valence electrons. The molecule has 1 aromatic carbocycles. The molecule has 0 saturated carbocycles. The van der Waals surface area contributed by atoms with Crippen LogP contribution in [-0.4, -0.2) is 57.9 Å². The molecule has 4 rings (SSSR count). The number of aromatic amines is 1. The predicted molar refractivity (Wildman–Crippen MR) is 115 cm³/mol. The number of methoxy groups -OCH3 is 1. The smallest absolute Gasteiger partial charge is 0.158 e. The third kappa shape index (κ3) is 4.34. The number of hydrogen-bond donors (Lipinski definition) is 3. The van der Waals surface area contributed by atoms with Crippen molar-refractivity contribution in [3.63, 3.8) is 0 Å². The molecule has 3 aromatic rings. The summed E-state index contributed by atoms with van der Waals surface area (Å²) in [5, 5.41) is 22.8. The molecule has 2 aromatic heterocycles. The number of ether oxygens (including phenoxy) is 1. The molecule has 1 saturated heterocycles. The van der Waals surface area contributed by atoms with Gasteiger partial charge in [0, 0.05) is 42.5 Å². The van der Waals surface area contributed by atoms with Crippen LogP contribution in [-0.2, 0) is 0 Å². The lowest BCUT2D eigenvalue weighted by Crippen LogP contribution is -2.25. The van der Waals surface area contributed by atoms with Gasteiger partial charge in [-0.25, -0.2) is 9.97 Å². The maximum Gasteiger partial charge on any atom is 0.158 e. The lowest BCUT2D eigenvalue weighted by molar-refractivity contribution is 0.356. The van der Waals surface area contributed by atoms with Crippen molar-refractivity contribution >= 4 is 17.3 Å². The summed E-state index contributed by atoms with van der Waals surface area (Å²) in [5.74, 6) is 1.87. The van der Waals surface area contributed by atoms with Crippen LogP contribution >= 0.6 is 0 Å². The molecular weight excluding hydrogens is 380 g/mol. The Bertz CT molecular complexity index is 1040. The van der Waals surface area contributed by atoms with Crippen molar-refractivity contribution in [1.29, 1.82) is 5.26 Å². The van der Waals surface area contributed by atoms with Gasteiger partial charge in [-0.05, 0) is 25.1 Å². The number of nitriles is 1. The van der Waals surface area contributed by atoms with E-state index in [0.717, 1.165) is 48.7 Å². The van der Waals surface area contributed by atoms with E-state index in [9.17, 15) is 0 Å². The van der Waals surface area contributed by atoms with E-state index in [-0.39, 0.29) is 5.69 Å². The maximum atomic E-state index is 8.81. The van der Waals surface area contributed by atoms with Gasteiger partial charge in [-0.3, -0.25) is 5.10 Å². The summed E-state index contributed by atoms with van der Waals surface area (Å²) in [6.45, 7) is 5.48. The first-order valence-electron chi connectivity index (χ1n) is 9.90. The molecule has 9 nitrogen and oxygen atoms in total. The zero-order chi connectivity index (χ0) is 20.9. The van der Waals surface area contributed by atoms with Gasteiger partial charge < -0.3 is 20.3 Å². The lowest BCUT2D eigenvalue weighted by atomic mass is 10.1. The van der Waals surface area contributed by atoms with Gasteiger partial charge in [-0.15, -0.1) is 0 Å². The Labute approximate surface area is 175 Å². The normalized spacial score (nSPS) is 16.2. The Morgan fingerprint density at radius 3 is 2.87 bits per heavy atom. The summed E-state index contributed by atoms with van der Waals surface area (Å²) >= 11 is 0. The average Bonchev–Trinajstić information content (AvgIpc) is 3.43. The van der Waals surface area contributed by atoms with E-state index in [1.165, 1.54) is 12.4 Å². The van der Waals surface area contributed by atoms with Crippen LogP contribution in [0.5, 0.6) is 5.75 Å². The van der Waals surface area contributed by atoms with Crippen molar-refractivity contribution in [2.75, 3.05) is 37.4 Å². The summed E-state index contributed by atoms with van der Waals surface area (Å²) in [6.07, 6.45) is 4.05. The number of aromatic nitrogens is 4. The number of rotatable bonds is 7. The highest BCUT2D eigenvalue weighted by atomic mass is 16.5. The minimum absolute atomic E-state index is 0.265. The minimum atomic E-state index is 0.265. The molecule has 0 unspecified atom stereocenters. The molecular formula is C21H24N8O. The Hall–Kier alpha value is -3.64. The van der Waals surface area contributed by atoms with Crippen LogP contribution in [0.15, 0.2) is 36.7 Å². The summed E-state index contributed by atoms with van der Waals surface area (Å²) in [7, 11) is 1.67. The second kappa shape index (κ2) is 8.80. The molecule has 0 aliphatic carbocycles. The van der Waals surface area contributed by atoms with Crippen molar-refractivity contribution in [3.05, 3.63) is 42.4 Å². The Morgan fingerprint density at radius 2 is 2.17 bits per heavy atom. The molecule has 0 radical (unpaired) electrons. The maximum absolute atomic E-state index is 8.81. The molecule has 3 N–H and O–H groups in total. The van der Waals surface area contributed by atoms with Gasteiger partial charge in [0.2, 0.25) is 0 Å². The average molecular weight is 404 g/mol. The van der Waals surface area contributed by atoms with E-state index in [2.05, 4.69) is 48.7 Å². The van der Waals surface area contributed by atoms with E-state index in [4.69, 9.17) is 10.00 Å². The third-order valence-corrected chi connectivity index (χ3v) is 5.18. The molecule has 0 spiro atoms. The first-order chi connectivity index (χ1) is 14.7. The monoisotopic (exact) mass is 404 g/mol. The van der Waals surface area contributed by atoms with Crippen molar-refractivity contribution < 1.29 is 4.74 Å². The van der Waals surface area contributed by atoms with Gasteiger partial charge in [0.25, 0.3) is 0 Å². The number of anilines is 3. The van der Waals surface area contributed by atoms with Crippen LogP contribution in [0.2, 0.25) is 0 Å². The van der Waals surface area contributed by atoms with Crippen LogP contribution in [0.1, 0.15) is 19.0 Å². The number of likely N-dealkylation sites (tertiary alicyclic amines) is 1. The highest BCUT2D eigenvalue weighted by Crippen LogP contribution is 2.33. The van der Waals surface area contributed by atoms with Gasteiger partial charge in [0.05, 0.1) is 25.2 Å². The molecule has 0 amide bonds. The standard InChI is InChI=1S/C21H24N8O/c1-3-29-7-6-15(13-29)25-14-4-5-17(19(8-14)30-2)18-9-20(28-27-18)26-21-12-23-16(10-22)11-24-21/h4-5,8-9,11-12,15,25H,3,6-7,13H2,1-2H3,(H2,24,26,27,28)/t15-/m0/s1. The highest BCUT2D eigenvalue weighted by molar-refractivity contribution is 5.73.